The van der Waals surface area contributed by atoms with Crippen LogP contribution in [0.15, 0.2) is 97.1 Å². The maximum Gasteiger partial charge on any atom is 0.307 e. The van der Waals surface area contributed by atoms with E-state index in [9.17, 15) is 9.59 Å². The zero-order valence-corrected chi connectivity index (χ0v) is 26.1. The Morgan fingerprint density at radius 1 is 0.909 bits per heavy atom. The second kappa shape index (κ2) is 13.9. The summed E-state index contributed by atoms with van der Waals surface area (Å²) in [5, 5.41) is 6.50. The molecule has 1 heterocycles. The monoisotopic (exact) mass is 590 g/mol. The van der Waals surface area contributed by atoms with E-state index in [1.165, 1.54) is 18.2 Å². The number of hydrogen-bond acceptors (Lipinski definition) is 5. The van der Waals surface area contributed by atoms with Gasteiger partial charge in [0.25, 0.3) is 0 Å². The number of methoxy groups -OCH3 is 1. The first kappa shape index (κ1) is 31.0. The molecule has 0 bridgehead atoms. The highest BCUT2D eigenvalue weighted by molar-refractivity contribution is 5.85. The molecular weight excluding hydrogens is 548 g/mol. The van der Waals surface area contributed by atoms with Crippen molar-refractivity contribution < 1.29 is 19.1 Å². The van der Waals surface area contributed by atoms with Crippen LogP contribution in [0.1, 0.15) is 67.1 Å². The molecule has 1 aliphatic rings. The largest absolute Gasteiger partial charge is 0.493 e. The molecule has 0 fully saturated rings. The number of carbonyl (C=O) groups is 2. The van der Waals surface area contributed by atoms with Gasteiger partial charge < -0.3 is 20.1 Å². The number of amides is 1. The number of rotatable bonds is 10. The van der Waals surface area contributed by atoms with Crippen molar-refractivity contribution in [2.24, 2.45) is 0 Å². The molecule has 6 heteroatoms. The molecule has 0 radical (unpaired) electrons. The molecule has 5 rings (SSSR count). The van der Waals surface area contributed by atoms with Crippen molar-refractivity contribution in [2.75, 3.05) is 20.3 Å². The highest BCUT2D eigenvalue weighted by atomic mass is 16.5. The maximum atomic E-state index is 13.7. The molecule has 0 saturated heterocycles. The van der Waals surface area contributed by atoms with Crippen molar-refractivity contribution >= 4 is 11.9 Å². The Kier molecular flexibility index (Phi) is 9.81. The van der Waals surface area contributed by atoms with E-state index in [1.54, 1.807) is 0 Å². The summed E-state index contributed by atoms with van der Waals surface area (Å²) in [5.41, 5.74) is 7.69. The predicted molar refractivity (Wildman–Crippen MR) is 175 cm³/mol. The molecule has 2 unspecified atom stereocenters. The van der Waals surface area contributed by atoms with E-state index in [-0.39, 0.29) is 23.7 Å². The van der Waals surface area contributed by atoms with E-state index in [1.807, 2.05) is 54.6 Å². The first-order valence-corrected chi connectivity index (χ1v) is 15.3. The van der Waals surface area contributed by atoms with Gasteiger partial charge in [-0.3, -0.25) is 9.59 Å². The third-order valence-corrected chi connectivity index (χ3v) is 8.25. The molecule has 1 amide bonds. The summed E-state index contributed by atoms with van der Waals surface area (Å²) < 4.78 is 11.1. The van der Waals surface area contributed by atoms with Gasteiger partial charge in [-0.1, -0.05) is 106 Å². The van der Waals surface area contributed by atoms with Crippen molar-refractivity contribution in [3.63, 3.8) is 0 Å². The lowest BCUT2D eigenvalue weighted by atomic mass is 9.86. The van der Waals surface area contributed by atoms with E-state index >= 15 is 0 Å². The Bertz CT molecular complexity index is 1560. The number of hydrogen-bond donors (Lipinski definition) is 2. The molecule has 0 aromatic heterocycles. The van der Waals surface area contributed by atoms with Gasteiger partial charge in [-0.15, -0.1) is 0 Å². The average Bonchev–Trinajstić information content (AvgIpc) is 3.04. The van der Waals surface area contributed by atoms with Crippen molar-refractivity contribution in [2.45, 2.75) is 57.5 Å². The lowest BCUT2D eigenvalue weighted by molar-refractivity contribution is -0.141. The fraction of sp³-hybridized carbons (Fsp3) is 0.316. The highest BCUT2D eigenvalue weighted by Gasteiger charge is 2.29. The van der Waals surface area contributed by atoms with Crippen LogP contribution in [0.5, 0.6) is 5.75 Å². The Labute approximate surface area is 260 Å². The zero-order chi connectivity index (χ0) is 31.1. The molecule has 4 aromatic carbocycles. The Hall–Kier alpha value is -4.42. The van der Waals surface area contributed by atoms with Crippen LogP contribution in [0.25, 0.3) is 11.1 Å². The van der Waals surface area contributed by atoms with Crippen LogP contribution < -0.4 is 15.4 Å². The maximum absolute atomic E-state index is 13.7. The van der Waals surface area contributed by atoms with Crippen LogP contribution in [-0.4, -0.2) is 32.1 Å². The van der Waals surface area contributed by atoms with E-state index in [0.29, 0.717) is 13.2 Å². The second-order valence-corrected chi connectivity index (χ2v) is 12.4. The lowest BCUT2D eigenvalue weighted by Crippen LogP contribution is -2.43. The number of nitrogens with one attached hydrogen (secondary N) is 2. The summed E-state index contributed by atoms with van der Waals surface area (Å²) in [7, 11) is 1.36. The normalized spacial score (nSPS) is 15.1. The van der Waals surface area contributed by atoms with Crippen molar-refractivity contribution in [3.05, 3.63) is 125 Å². The Morgan fingerprint density at radius 2 is 1.61 bits per heavy atom. The third-order valence-electron chi connectivity index (χ3n) is 8.25. The Morgan fingerprint density at radius 3 is 2.30 bits per heavy atom. The predicted octanol–water partition coefficient (Wildman–Crippen LogP) is 6.88. The van der Waals surface area contributed by atoms with Gasteiger partial charge in [0.1, 0.15) is 11.8 Å². The number of benzene rings is 4. The van der Waals surface area contributed by atoms with Crippen LogP contribution in [0.4, 0.5) is 0 Å². The topological polar surface area (TPSA) is 76.7 Å². The molecule has 228 valence electrons. The summed E-state index contributed by atoms with van der Waals surface area (Å²) in [6.45, 7) is 7.87. The number of esters is 1. The molecule has 0 saturated carbocycles. The first-order valence-electron chi connectivity index (χ1n) is 15.3. The molecule has 4 aromatic rings. The molecule has 0 aliphatic carbocycles. The summed E-state index contributed by atoms with van der Waals surface area (Å²) in [5.74, 6) is 0.158. The van der Waals surface area contributed by atoms with Crippen molar-refractivity contribution in [1.29, 1.82) is 0 Å². The van der Waals surface area contributed by atoms with E-state index in [2.05, 4.69) is 73.9 Å². The van der Waals surface area contributed by atoms with Crippen LogP contribution in [0.3, 0.4) is 0 Å². The molecule has 1 aliphatic heterocycles. The van der Waals surface area contributed by atoms with Crippen LogP contribution in [0, 0.1) is 0 Å². The van der Waals surface area contributed by atoms with Crippen LogP contribution in [0.2, 0.25) is 0 Å². The number of carbonyl (C=O) groups excluding carboxylic acids is 2. The van der Waals surface area contributed by atoms with Crippen LogP contribution in [-0.2, 0) is 32.6 Å². The Balaban J connectivity index is 1.27. The minimum absolute atomic E-state index is 0.0341. The van der Waals surface area contributed by atoms with E-state index in [4.69, 9.17) is 9.47 Å². The van der Waals surface area contributed by atoms with Gasteiger partial charge in [-0.05, 0) is 62.9 Å². The SMILES string of the molecule is COC(=O)CC(NC(=O)C1NCCc2ccc(OCCc3ccc(C(C)(C)C)cc3)cc21)c1ccc(-c2ccccc2)cc1. The number of ether oxygens (including phenoxy) is 2. The zero-order valence-electron chi connectivity index (χ0n) is 26.1. The molecule has 6 nitrogen and oxygen atoms in total. The quantitative estimate of drug-likeness (QED) is 0.197. The minimum Gasteiger partial charge on any atom is -0.493 e. The van der Waals surface area contributed by atoms with Gasteiger partial charge in [0, 0.05) is 13.0 Å². The van der Waals surface area contributed by atoms with Crippen molar-refractivity contribution in [3.8, 4) is 16.9 Å². The molecule has 2 atom stereocenters. The van der Waals surface area contributed by atoms with Crippen LogP contribution >= 0.6 is 0 Å². The van der Waals surface area contributed by atoms with Gasteiger partial charge >= 0.3 is 5.97 Å². The molecule has 44 heavy (non-hydrogen) atoms. The summed E-state index contributed by atoms with van der Waals surface area (Å²) in [4.78, 5) is 26.1. The summed E-state index contributed by atoms with van der Waals surface area (Å²) in [6.07, 6.45) is 1.65. The second-order valence-electron chi connectivity index (χ2n) is 12.4. The average molecular weight is 591 g/mol. The molecule has 2 N–H and O–H groups in total. The summed E-state index contributed by atoms with van der Waals surface area (Å²) in [6, 6.07) is 31.7. The van der Waals surface area contributed by atoms with Gasteiger partial charge in [0.05, 0.1) is 26.2 Å². The highest BCUT2D eigenvalue weighted by Crippen LogP contribution is 2.30. The molecular formula is C38H42N2O4. The third kappa shape index (κ3) is 7.74. The minimum atomic E-state index is -0.559. The van der Waals surface area contributed by atoms with Gasteiger partial charge in [0.2, 0.25) is 5.91 Å². The smallest absolute Gasteiger partial charge is 0.307 e. The fourth-order valence-corrected chi connectivity index (χ4v) is 5.61. The lowest BCUT2D eigenvalue weighted by Gasteiger charge is -2.29. The fourth-order valence-electron chi connectivity index (χ4n) is 5.61. The standard InChI is InChI=1S/C38H42N2O4/c1-38(2,3)31-17-10-26(11-18-31)21-23-44-32-19-16-29-20-22-39-36(33(29)24-32)37(42)40-34(25-35(41)43-4)30-14-12-28(13-15-30)27-8-6-5-7-9-27/h5-19,24,34,36,39H,20-23,25H2,1-4H3,(H,40,42). The van der Waals surface area contributed by atoms with Gasteiger partial charge in [-0.2, -0.15) is 0 Å². The molecule has 0 spiro atoms. The van der Waals surface area contributed by atoms with Gasteiger partial charge in [-0.25, -0.2) is 0 Å². The first-order chi connectivity index (χ1) is 21.2. The van der Waals surface area contributed by atoms with Crippen molar-refractivity contribution in [1.82, 2.24) is 10.6 Å². The van der Waals surface area contributed by atoms with Gasteiger partial charge in [0.15, 0.2) is 0 Å². The summed E-state index contributed by atoms with van der Waals surface area (Å²) >= 11 is 0. The van der Waals surface area contributed by atoms with E-state index < -0.39 is 12.1 Å². The number of fused-ring (bicyclic) bond motifs is 1. The van der Waals surface area contributed by atoms with E-state index in [0.717, 1.165) is 46.4 Å².